The molecule has 40 heteroatoms. The Morgan fingerprint density at radius 3 is 0.882 bits per heavy atom. The standard InChI is InChI=1S/C25H47N7O12P4.C16H31N3O8P3.C2H8N2.C2H6O/c1-9-37-45(33,38-10-2)22-27-20(28-23(31-22)46(34,39-11-3)40-12-4)18-17-19-26-21-29-24(47(35,41-13-5)42-14-6)32-25(30-21)48(36,43-15-7)44-16-8;1-7-13-28(20,23-8-2)14-17-15(29(21,24-9-3)25-10-4)19-16(18-14)30(22,26-11-5)27-12-6;3-1-2-4;1-2-3/h9-19H2,1-8H3,(H,26,29,30,32);3,7-13H2,1-2,4-6H3;1-4H2;3H,2H2,1H3/q;+1;;. The van der Waals surface area contributed by atoms with Crippen molar-refractivity contribution in [3.8, 4) is 0 Å². The van der Waals surface area contributed by atoms with Crippen LogP contribution in [0.3, 0.4) is 0 Å². The molecule has 0 aliphatic heterocycles. The Morgan fingerprint density at radius 2 is 0.635 bits per heavy atom. The first kappa shape index (κ1) is 82.7. The highest BCUT2D eigenvalue weighted by molar-refractivity contribution is 7.67. The Kier molecular flexibility index (Phi) is 42.2. The summed E-state index contributed by atoms with van der Waals surface area (Å²) in [6.45, 7) is 28.3. The zero-order valence-corrected chi connectivity index (χ0v) is 57.7. The fourth-order valence-corrected chi connectivity index (χ4v) is 17.0. The highest BCUT2D eigenvalue weighted by Crippen LogP contribution is 2.52. The summed E-state index contributed by atoms with van der Waals surface area (Å²) >= 11 is 0. The Balaban J connectivity index is 0.00000162. The summed E-state index contributed by atoms with van der Waals surface area (Å²) in [5.41, 5.74) is 7.19. The van der Waals surface area contributed by atoms with Gasteiger partial charge in [-0.1, -0.05) is 6.92 Å². The lowest BCUT2D eigenvalue weighted by molar-refractivity contribution is 0.225. The van der Waals surface area contributed by atoms with Gasteiger partial charge < -0.3 is 76.2 Å². The molecule has 2 atom stereocenters. The molecule has 0 saturated heterocycles. The Morgan fingerprint density at radius 1 is 0.388 bits per heavy atom. The molecule has 0 radical (unpaired) electrons. The van der Waals surface area contributed by atoms with E-state index in [2.05, 4.69) is 57.1 Å². The van der Waals surface area contributed by atoms with E-state index in [0.29, 0.717) is 25.9 Å². The Labute approximate surface area is 500 Å². The minimum absolute atomic E-state index is 0.0142. The first-order valence-corrected chi connectivity index (χ1v) is 38.9. The number of aliphatic hydroxyl groups excluding tert-OH is 1. The van der Waals surface area contributed by atoms with Gasteiger partial charge in [0.15, 0.2) is 6.61 Å². The summed E-state index contributed by atoms with van der Waals surface area (Å²) in [5.74, 6) is -0.0110. The summed E-state index contributed by atoms with van der Waals surface area (Å²) in [4.78, 5) is 37.7. The number of aliphatic hydroxyl groups is 1. The van der Waals surface area contributed by atoms with E-state index in [4.69, 9.17) is 75.4 Å². The van der Waals surface area contributed by atoms with E-state index in [1.807, 2.05) is 6.92 Å². The minimum atomic E-state index is -4.07. The van der Waals surface area contributed by atoms with E-state index in [1.165, 1.54) is 0 Å². The first-order chi connectivity index (χ1) is 40.4. The van der Waals surface area contributed by atoms with Crippen LogP contribution in [0.5, 0.6) is 0 Å². The molecule has 3 heterocycles. The van der Waals surface area contributed by atoms with Crippen LogP contribution in [0.4, 0.5) is 5.95 Å². The number of rotatable bonds is 41. The van der Waals surface area contributed by atoms with Crippen molar-refractivity contribution >= 4 is 97.9 Å². The molecular weight excluding hydrogens is 1260 g/mol. The van der Waals surface area contributed by atoms with E-state index in [9.17, 15) is 32.0 Å². The maximum atomic E-state index is 13.6. The molecular formula is C45H92N12O21P7+. The molecule has 0 bridgehead atoms. The molecule has 0 saturated carbocycles. The molecule has 0 aliphatic rings. The largest absolute Gasteiger partial charge is 0.402 e. The molecule has 6 N–H and O–H groups in total. The van der Waals surface area contributed by atoms with Crippen molar-refractivity contribution in [3.05, 3.63) is 12.7 Å². The molecule has 3 rings (SSSR count). The molecule has 492 valence electrons. The van der Waals surface area contributed by atoms with E-state index in [1.54, 1.807) is 90.0 Å². The van der Waals surface area contributed by atoms with Gasteiger partial charge in [-0.3, -0.25) is 36.5 Å². The fraction of sp³-hybridized carbons (Fsp3) is 0.778. The van der Waals surface area contributed by atoms with Crippen LogP contribution < -0.4 is 55.7 Å². The Hall–Kier alpha value is -2.33. The molecule has 85 heavy (non-hydrogen) atoms. The molecule has 0 fully saturated rings. The zero-order chi connectivity index (χ0) is 64.8. The summed E-state index contributed by atoms with van der Waals surface area (Å²) in [6, 6.07) is 0. The van der Waals surface area contributed by atoms with Gasteiger partial charge in [0.25, 0.3) is 7.37 Å². The van der Waals surface area contributed by atoms with Crippen molar-refractivity contribution < 1.29 is 95.9 Å². The molecule has 2 unspecified atom stereocenters. The van der Waals surface area contributed by atoms with Gasteiger partial charge in [-0.05, 0) is 103 Å². The lowest BCUT2D eigenvalue weighted by Gasteiger charge is -2.21. The summed E-state index contributed by atoms with van der Waals surface area (Å²) < 4.78 is 164. The van der Waals surface area contributed by atoms with Crippen molar-refractivity contribution in [2.24, 2.45) is 11.5 Å². The number of aromatic nitrogens is 9. The summed E-state index contributed by atoms with van der Waals surface area (Å²) in [5, 5.41) is 10.5. The second-order valence-electron chi connectivity index (χ2n) is 15.5. The van der Waals surface area contributed by atoms with Crippen LogP contribution in [0.1, 0.15) is 116 Å². The monoisotopic (exact) mass is 1350 g/mol. The highest BCUT2D eigenvalue weighted by atomic mass is 31.2. The highest BCUT2D eigenvalue weighted by Gasteiger charge is 2.43. The van der Waals surface area contributed by atoms with Gasteiger partial charge in [-0.25, -0.2) is 9.97 Å². The fourth-order valence-electron chi connectivity index (χ4n) is 6.25. The van der Waals surface area contributed by atoms with Gasteiger partial charge in [0.1, 0.15) is 5.82 Å². The topological polar surface area (TPSA) is 440 Å². The van der Waals surface area contributed by atoms with Crippen molar-refractivity contribution in [1.29, 1.82) is 0 Å². The predicted molar refractivity (Wildman–Crippen MR) is 324 cm³/mol. The lowest BCUT2D eigenvalue weighted by Crippen LogP contribution is -2.38. The maximum absolute atomic E-state index is 13.6. The van der Waals surface area contributed by atoms with Crippen LogP contribution in [0, 0.1) is 6.92 Å². The number of nitrogens with two attached hydrogens (primary N) is 2. The van der Waals surface area contributed by atoms with E-state index in [0.717, 1.165) is 0 Å². The van der Waals surface area contributed by atoms with E-state index < -0.39 is 64.1 Å². The maximum Gasteiger partial charge on any atom is 0.402 e. The van der Waals surface area contributed by atoms with Crippen molar-refractivity contribution in [3.63, 3.8) is 0 Å². The summed E-state index contributed by atoms with van der Waals surface area (Å²) in [7, 11) is -27.8. The second kappa shape index (κ2) is 43.4. The number of anilines is 1. The predicted octanol–water partition coefficient (Wildman–Crippen LogP) is 5.39. The third-order valence-corrected chi connectivity index (χ3v) is 22.8. The average molecular weight is 1350 g/mol. The quantitative estimate of drug-likeness (QED) is 0.0314. The van der Waals surface area contributed by atoms with E-state index >= 15 is 0 Å². The zero-order valence-electron chi connectivity index (χ0n) is 51.5. The number of aryl methyl sites for hydroxylation is 1. The van der Waals surface area contributed by atoms with Crippen LogP contribution in [-0.4, -0.2) is 168 Å². The van der Waals surface area contributed by atoms with Gasteiger partial charge in [-0.2, -0.15) is 34.9 Å². The van der Waals surface area contributed by atoms with Crippen LogP contribution in [0.25, 0.3) is 0 Å². The Bertz CT molecular complexity index is 2340. The minimum Gasteiger partial charge on any atom is -0.397 e. The number of hydrogen-bond acceptors (Lipinski definition) is 33. The molecule has 0 aromatic carbocycles. The van der Waals surface area contributed by atoms with Crippen LogP contribution >= 0.6 is 52.9 Å². The number of hydrogen-bond donors (Lipinski definition) is 4. The second-order valence-corrected chi connectivity index (χ2v) is 29.4. The van der Waals surface area contributed by atoms with Gasteiger partial charge in [0.2, 0.25) is 44.9 Å². The molecule has 0 amide bonds. The third kappa shape index (κ3) is 26.6. The molecule has 0 aliphatic carbocycles. The third-order valence-electron chi connectivity index (χ3n) is 9.08. The molecule has 3 aromatic heterocycles. The van der Waals surface area contributed by atoms with Crippen LogP contribution in [0.2, 0.25) is 0 Å². The van der Waals surface area contributed by atoms with Gasteiger partial charge >= 0.3 is 45.6 Å². The van der Waals surface area contributed by atoms with Crippen molar-refractivity contribution in [2.45, 2.75) is 116 Å². The summed E-state index contributed by atoms with van der Waals surface area (Å²) in [6.07, 6.45) is 1.04. The molecule has 33 nitrogen and oxygen atoms in total. The normalized spacial score (nSPS) is 13.5. The van der Waals surface area contributed by atoms with Gasteiger partial charge in [0.05, 0.1) is 86.2 Å². The average Bonchev–Trinajstić information content (AvgIpc) is 2.87. The smallest absolute Gasteiger partial charge is 0.397 e. The van der Waals surface area contributed by atoms with Gasteiger partial charge in [-0.15, -0.1) is 0 Å². The van der Waals surface area contributed by atoms with E-state index in [-0.39, 0.29) is 151 Å². The van der Waals surface area contributed by atoms with Crippen LogP contribution in [-0.2, 0) is 97.2 Å². The van der Waals surface area contributed by atoms with Crippen molar-refractivity contribution in [1.82, 2.24) is 44.9 Å². The molecule has 0 spiro atoms. The number of nitrogens with one attached hydrogen (secondary N) is 1. The number of nitrogens with zero attached hydrogens (tertiary/aromatic N) is 9. The SMILES string of the molecule is CCO.CCOP(=O)(OCC)c1nc(CCCNc2nc(P(=O)(OCC)OCC)nc(P(=O)(OCC)OCC)n2)nc(P(=O)(OCC)OCC)n1.NCCN.[CH2+]COP(=O)(OCC)c1nc(P(=O)(CCC)OCC)nc(P(=O)(OCC)OCC)n1. The lowest BCUT2D eigenvalue weighted by atomic mass is 10.3. The van der Waals surface area contributed by atoms with Crippen LogP contribution in [0.15, 0.2) is 0 Å². The van der Waals surface area contributed by atoms with Crippen molar-refractivity contribution in [2.75, 3.05) is 124 Å². The van der Waals surface area contributed by atoms with Gasteiger partial charge in [0, 0.05) is 38.8 Å². The first-order valence-electron chi connectivity index (χ1n) is 27.8. The molecule has 3 aromatic rings.